The number of likely N-dealkylation sites (tertiary alicyclic amines) is 2. The molecule has 2 fully saturated rings. The highest BCUT2D eigenvalue weighted by molar-refractivity contribution is 5.97. The Morgan fingerprint density at radius 2 is 1.71 bits per heavy atom. The Morgan fingerprint density at radius 1 is 1.04 bits per heavy atom. The van der Waals surface area contributed by atoms with E-state index in [0.717, 1.165) is 18.4 Å². The molecule has 1 aromatic heterocycles. The highest BCUT2D eigenvalue weighted by atomic mass is 16.4. The third-order valence-corrected chi connectivity index (χ3v) is 5.24. The predicted molar refractivity (Wildman–Crippen MR) is 85.6 cm³/mol. The molecule has 3 heterocycles. The van der Waals surface area contributed by atoms with Crippen molar-refractivity contribution in [2.24, 2.45) is 11.8 Å². The number of hydrogen-bond donors (Lipinski definition) is 2. The number of carboxylic acid groups (broad SMARTS) is 1. The van der Waals surface area contributed by atoms with Crippen molar-refractivity contribution in [2.75, 3.05) is 26.2 Å². The summed E-state index contributed by atoms with van der Waals surface area (Å²) in [5.41, 5.74) is 2.05. The molecule has 126 valence electrons. The van der Waals surface area contributed by atoms with Crippen molar-refractivity contribution in [2.45, 2.75) is 12.8 Å². The minimum absolute atomic E-state index is 0.0167. The van der Waals surface area contributed by atoms with Gasteiger partial charge in [0.2, 0.25) is 0 Å². The summed E-state index contributed by atoms with van der Waals surface area (Å²) in [5, 5.41) is 19.7. The van der Waals surface area contributed by atoms with E-state index in [1.54, 1.807) is 18.2 Å². The van der Waals surface area contributed by atoms with Gasteiger partial charge in [-0.05, 0) is 42.9 Å². The van der Waals surface area contributed by atoms with E-state index in [0.29, 0.717) is 49.1 Å². The zero-order valence-electron chi connectivity index (χ0n) is 13.2. The fourth-order valence-electron chi connectivity index (χ4n) is 3.86. The molecule has 8 nitrogen and oxygen atoms in total. The molecule has 0 aliphatic carbocycles. The SMILES string of the molecule is O=C(O)N1CCC2CN(C(=O)c3ccc4n[nH]nc4c3)CC2CC1. The van der Waals surface area contributed by atoms with Crippen LogP contribution in [0.15, 0.2) is 18.2 Å². The highest BCUT2D eigenvalue weighted by Crippen LogP contribution is 2.32. The number of H-pyrrole nitrogens is 1. The van der Waals surface area contributed by atoms with E-state index in [4.69, 9.17) is 5.11 Å². The summed E-state index contributed by atoms with van der Waals surface area (Å²) in [7, 11) is 0. The van der Waals surface area contributed by atoms with Gasteiger partial charge in [0.1, 0.15) is 11.0 Å². The molecule has 2 N–H and O–H groups in total. The van der Waals surface area contributed by atoms with Crippen molar-refractivity contribution in [3.8, 4) is 0 Å². The quantitative estimate of drug-likeness (QED) is 0.824. The molecule has 2 unspecified atom stereocenters. The molecule has 2 aromatic rings. The smallest absolute Gasteiger partial charge is 0.407 e. The molecule has 2 aliphatic heterocycles. The molecule has 0 radical (unpaired) electrons. The van der Waals surface area contributed by atoms with Gasteiger partial charge in [-0.2, -0.15) is 15.4 Å². The number of carbonyl (C=O) groups is 2. The van der Waals surface area contributed by atoms with Crippen LogP contribution in [0.5, 0.6) is 0 Å². The lowest BCUT2D eigenvalue weighted by molar-refractivity contribution is 0.0779. The zero-order chi connectivity index (χ0) is 16.7. The first-order chi connectivity index (χ1) is 11.6. The van der Waals surface area contributed by atoms with E-state index in [-0.39, 0.29) is 5.91 Å². The number of fused-ring (bicyclic) bond motifs is 2. The molecule has 0 bridgehead atoms. The molecule has 24 heavy (non-hydrogen) atoms. The Hall–Kier alpha value is -2.64. The van der Waals surface area contributed by atoms with Crippen molar-refractivity contribution < 1.29 is 14.7 Å². The number of hydrogen-bond acceptors (Lipinski definition) is 4. The first-order valence-corrected chi connectivity index (χ1v) is 8.19. The number of aromatic amines is 1. The Morgan fingerprint density at radius 3 is 2.38 bits per heavy atom. The Kier molecular flexibility index (Phi) is 3.59. The van der Waals surface area contributed by atoms with Crippen LogP contribution in [0.3, 0.4) is 0 Å². The van der Waals surface area contributed by atoms with Gasteiger partial charge in [0.25, 0.3) is 5.91 Å². The molecular weight excluding hydrogens is 310 g/mol. The van der Waals surface area contributed by atoms with E-state index < -0.39 is 6.09 Å². The van der Waals surface area contributed by atoms with Gasteiger partial charge in [-0.3, -0.25) is 4.79 Å². The number of aromatic nitrogens is 3. The van der Waals surface area contributed by atoms with E-state index in [2.05, 4.69) is 15.4 Å². The topological polar surface area (TPSA) is 102 Å². The molecule has 0 spiro atoms. The molecule has 8 heteroatoms. The van der Waals surface area contributed by atoms with Gasteiger partial charge in [-0.1, -0.05) is 0 Å². The third-order valence-electron chi connectivity index (χ3n) is 5.24. The van der Waals surface area contributed by atoms with Crippen LogP contribution in [-0.4, -0.2) is 68.5 Å². The average Bonchev–Trinajstić information content (AvgIpc) is 3.15. The van der Waals surface area contributed by atoms with E-state index >= 15 is 0 Å². The summed E-state index contributed by atoms with van der Waals surface area (Å²) >= 11 is 0. The van der Waals surface area contributed by atoms with Crippen LogP contribution in [0, 0.1) is 11.8 Å². The van der Waals surface area contributed by atoms with Crippen LogP contribution in [0.1, 0.15) is 23.2 Å². The standard InChI is InChI=1S/C16H19N5O3/c22-15(10-1-2-13-14(7-10)18-19-17-13)21-8-11-3-5-20(16(23)24)6-4-12(11)9-21/h1-2,7,11-12H,3-6,8-9H2,(H,23,24)(H,17,18,19). The van der Waals surface area contributed by atoms with Gasteiger partial charge in [0.05, 0.1) is 0 Å². The summed E-state index contributed by atoms with van der Waals surface area (Å²) in [6.45, 7) is 2.52. The maximum atomic E-state index is 12.8. The molecule has 2 atom stereocenters. The first-order valence-electron chi connectivity index (χ1n) is 8.19. The summed E-state index contributed by atoms with van der Waals surface area (Å²) < 4.78 is 0. The predicted octanol–water partition coefficient (Wildman–Crippen LogP) is 1.42. The number of benzene rings is 1. The zero-order valence-corrected chi connectivity index (χ0v) is 13.2. The number of carbonyl (C=O) groups excluding carboxylic acids is 1. The van der Waals surface area contributed by atoms with Gasteiger partial charge < -0.3 is 14.9 Å². The molecule has 2 saturated heterocycles. The summed E-state index contributed by atoms with van der Waals surface area (Å²) in [5.74, 6) is 0.784. The lowest BCUT2D eigenvalue weighted by Crippen LogP contribution is -2.33. The fraction of sp³-hybridized carbons (Fsp3) is 0.500. The number of nitrogens with zero attached hydrogens (tertiary/aromatic N) is 4. The Labute approximate surface area is 138 Å². The van der Waals surface area contributed by atoms with Crippen LogP contribution >= 0.6 is 0 Å². The number of nitrogens with one attached hydrogen (secondary N) is 1. The van der Waals surface area contributed by atoms with E-state index in [9.17, 15) is 9.59 Å². The van der Waals surface area contributed by atoms with Gasteiger partial charge in [-0.25, -0.2) is 4.79 Å². The summed E-state index contributed by atoms with van der Waals surface area (Å²) in [4.78, 5) is 27.3. The highest BCUT2D eigenvalue weighted by Gasteiger charge is 2.37. The molecular formula is C16H19N5O3. The largest absolute Gasteiger partial charge is 0.465 e. The minimum Gasteiger partial charge on any atom is -0.465 e. The summed E-state index contributed by atoms with van der Waals surface area (Å²) in [6, 6.07) is 5.35. The maximum absolute atomic E-state index is 12.8. The fourth-order valence-corrected chi connectivity index (χ4v) is 3.86. The third kappa shape index (κ3) is 2.57. The lowest BCUT2D eigenvalue weighted by atomic mass is 9.92. The Balaban J connectivity index is 1.47. The van der Waals surface area contributed by atoms with Crippen molar-refractivity contribution in [3.05, 3.63) is 23.8 Å². The Bertz CT molecular complexity index is 773. The van der Waals surface area contributed by atoms with Gasteiger partial charge in [-0.15, -0.1) is 0 Å². The van der Waals surface area contributed by atoms with E-state index in [1.807, 2.05) is 4.90 Å². The molecule has 2 amide bonds. The molecule has 0 saturated carbocycles. The normalized spacial score (nSPS) is 24.0. The van der Waals surface area contributed by atoms with Crippen LogP contribution < -0.4 is 0 Å². The second kappa shape index (κ2) is 5.77. The van der Waals surface area contributed by atoms with Crippen LogP contribution in [-0.2, 0) is 0 Å². The van der Waals surface area contributed by atoms with Gasteiger partial charge >= 0.3 is 6.09 Å². The lowest BCUT2D eigenvalue weighted by Gasteiger charge is -2.19. The van der Waals surface area contributed by atoms with Gasteiger partial charge in [0.15, 0.2) is 0 Å². The second-order valence-electron chi connectivity index (χ2n) is 6.60. The molecule has 2 aliphatic rings. The van der Waals surface area contributed by atoms with Crippen molar-refractivity contribution in [1.29, 1.82) is 0 Å². The number of rotatable bonds is 1. The minimum atomic E-state index is -0.844. The van der Waals surface area contributed by atoms with Crippen molar-refractivity contribution in [3.63, 3.8) is 0 Å². The maximum Gasteiger partial charge on any atom is 0.407 e. The first kappa shape index (κ1) is 14.9. The summed E-state index contributed by atoms with van der Waals surface area (Å²) in [6.07, 6.45) is 0.801. The second-order valence-corrected chi connectivity index (χ2v) is 6.60. The monoisotopic (exact) mass is 329 g/mol. The number of amides is 2. The molecule has 4 rings (SSSR count). The van der Waals surface area contributed by atoms with Crippen molar-refractivity contribution in [1.82, 2.24) is 25.2 Å². The van der Waals surface area contributed by atoms with Gasteiger partial charge in [0, 0.05) is 31.7 Å². The van der Waals surface area contributed by atoms with Crippen LogP contribution in [0.25, 0.3) is 11.0 Å². The molecule has 1 aromatic carbocycles. The van der Waals surface area contributed by atoms with E-state index in [1.165, 1.54) is 4.90 Å². The van der Waals surface area contributed by atoms with Crippen LogP contribution in [0.2, 0.25) is 0 Å². The van der Waals surface area contributed by atoms with Crippen molar-refractivity contribution >= 4 is 23.0 Å². The average molecular weight is 329 g/mol. The van der Waals surface area contributed by atoms with Crippen LogP contribution in [0.4, 0.5) is 4.79 Å².